The van der Waals surface area contributed by atoms with Crippen LogP contribution in [0.15, 0.2) is 12.4 Å². The molecule has 0 amide bonds. The summed E-state index contributed by atoms with van der Waals surface area (Å²) in [6.07, 6.45) is 8.61. The Morgan fingerprint density at radius 1 is 1.50 bits per heavy atom. The fourth-order valence-corrected chi connectivity index (χ4v) is 2.60. The molecule has 1 aromatic rings. The average Bonchev–Trinajstić information content (AvgIpc) is 2.65. The van der Waals surface area contributed by atoms with E-state index in [1.807, 2.05) is 17.9 Å². The third kappa shape index (κ3) is 2.62. The molecule has 0 aliphatic heterocycles. The van der Waals surface area contributed by atoms with E-state index in [0.717, 1.165) is 25.7 Å². The normalized spacial score (nSPS) is 25.6. The summed E-state index contributed by atoms with van der Waals surface area (Å²) in [6.45, 7) is 0. The minimum absolute atomic E-state index is 0.333. The van der Waals surface area contributed by atoms with Crippen molar-refractivity contribution in [3.63, 3.8) is 0 Å². The van der Waals surface area contributed by atoms with Crippen molar-refractivity contribution < 1.29 is 9.90 Å². The number of hydrogen-bond acceptors (Lipinski definition) is 2. The van der Waals surface area contributed by atoms with Crippen molar-refractivity contribution in [1.82, 2.24) is 9.78 Å². The molecule has 4 heteroatoms. The molecule has 1 N–H and O–H groups in total. The molecular formula is C12H18N2O2. The number of aryl methyl sites for hydroxylation is 1. The number of carboxylic acids is 1. The first-order valence-corrected chi connectivity index (χ1v) is 5.85. The lowest BCUT2D eigenvalue weighted by Crippen LogP contribution is -2.16. The number of rotatable bonds is 3. The van der Waals surface area contributed by atoms with Gasteiger partial charge in [0.05, 0.1) is 6.20 Å². The van der Waals surface area contributed by atoms with Gasteiger partial charge in [-0.15, -0.1) is 0 Å². The summed E-state index contributed by atoms with van der Waals surface area (Å²) >= 11 is 0. The molecular weight excluding hydrogens is 204 g/mol. The third-order valence-electron chi connectivity index (χ3n) is 3.51. The molecule has 1 aliphatic rings. The maximum Gasteiger partial charge on any atom is 0.303 e. The molecule has 16 heavy (non-hydrogen) atoms. The largest absolute Gasteiger partial charge is 0.481 e. The van der Waals surface area contributed by atoms with E-state index in [1.54, 1.807) is 0 Å². The summed E-state index contributed by atoms with van der Waals surface area (Å²) in [5, 5.41) is 12.9. The predicted molar refractivity (Wildman–Crippen MR) is 60.2 cm³/mol. The van der Waals surface area contributed by atoms with Crippen LogP contribution in [0.5, 0.6) is 0 Å². The number of nitrogens with zero attached hydrogens (tertiary/aromatic N) is 2. The fourth-order valence-electron chi connectivity index (χ4n) is 2.60. The molecule has 1 fully saturated rings. The van der Waals surface area contributed by atoms with Crippen LogP contribution in [-0.2, 0) is 11.8 Å². The van der Waals surface area contributed by atoms with Gasteiger partial charge in [0, 0.05) is 19.7 Å². The molecule has 0 spiro atoms. The Bertz CT molecular complexity index is 365. The fraction of sp³-hybridized carbons (Fsp3) is 0.667. The number of aromatic nitrogens is 2. The molecule has 1 aromatic heterocycles. The van der Waals surface area contributed by atoms with Crippen LogP contribution in [0.1, 0.15) is 43.6 Å². The van der Waals surface area contributed by atoms with E-state index in [9.17, 15) is 4.79 Å². The zero-order valence-electron chi connectivity index (χ0n) is 9.59. The van der Waals surface area contributed by atoms with Gasteiger partial charge in [-0.1, -0.05) is 0 Å². The van der Waals surface area contributed by atoms with Crippen LogP contribution in [0.3, 0.4) is 0 Å². The van der Waals surface area contributed by atoms with Crippen molar-refractivity contribution in [3.8, 4) is 0 Å². The monoisotopic (exact) mass is 222 g/mol. The standard InChI is InChI=1S/C12H18N2O2/c1-14-8-11(7-13-14)10-4-2-9(3-5-10)6-12(15)16/h7-10H,2-6H2,1H3,(H,15,16). The maximum atomic E-state index is 10.6. The molecule has 0 saturated heterocycles. The van der Waals surface area contributed by atoms with Crippen LogP contribution < -0.4 is 0 Å². The Morgan fingerprint density at radius 2 is 2.19 bits per heavy atom. The van der Waals surface area contributed by atoms with Crippen LogP contribution in [0.2, 0.25) is 0 Å². The van der Waals surface area contributed by atoms with Gasteiger partial charge < -0.3 is 5.11 Å². The highest BCUT2D eigenvalue weighted by molar-refractivity contribution is 5.67. The minimum atomic E-state index is -0.662. The molecule has 1 heterocycles. The molecule has 0 radical (unpaired) electrons. The average molecular weight is 222 g/mol. The topological polar surface area (TPSA) is 55.1 Å². The lowest BCUT2D eigenvalue weighted by Gasteiger charge is -2.26. The highest BCUT2D eigenvalue weighted by Gasteiger charge is 2.24. The van der Waals surface area contributed by atoms with Gasteiger partial charge in [0.2, 0.25) is 0 Å². The number of carboxylic acid groups (broad SMARTS) is 1. The second kappa shape index (κ2) is 4.68. The van der Waals surface area contributed by atoms with E-state index in [-0.39, 0.29) is 0 Å². The van der Waals surface area contributed by atoms with Gasteiger partial charge in [-0.05, 0) is 43.1 Å². The second-order valence-electron chi connectivity index (χ2n) is 4.76. The molecule has 4 nitrogen and oxygen atoms in total. The van der Waals surface area contributed by atoms with Gasteiger partial charge in [0.25, 0.3) is 0 Å². The first kappa shape index (κ1) is 11.2. The van der Waals surface area contributed by atoms with E-state index < -0.39 is 5.97 Å². The molecule has 0 unspecified atom stereocenters. The Balaban J connectivity index is 1.87. The number of carbonyl (C=O) groups is 1. The highest BCUT2D eigenvalue weighted by Crippen LogP contribution is 2.36. The molecule has 0 atom stereocenters. The van der Waals surface area contributed by atoms with Crippen LogP contribution in [0.4, 0.5) is 0 Å². The Hall–Kier alpha value is -1.32. The Morgan fingerprint density at radius 3 is 2.69 bits per heavy atom. The molecule has 1 saturated carbocycles. The van der Waals surface area contributed by atoms with E-state index in [2.05, 4.69) is 11.3 Å². The van der Waals surface area contributed by atoms with Crippen LogP contribution in [0.25, 0.3) is 0 Å². The van der Waals surface area contributed by atoms with E-state index in [0.29, 0.717) is 18.3 Å². The van der Waals surface area contributed by atoms with E-state index in [1.165, 1.54) is 5.56 Å². The van der Waals surface area contributed by atoms with Crippen molar-refractivity contribution in [2.75, 3.05) is 0 Å². The van der Waals surface area contributed by atoms with Gasteiger partial charge in [-0.25, -0.2) is 0 Å². The van der Waals surface area contributed by atoms with Gasteiger partial charge in [-0.3, -0.25) is 9.48 Å². The molecule has 0 aromatic carbocycles. The van der Waals surface area contributed by atoms with Crippen molar-refractivity contribution in [2.24, 2.45) is 13.0 Å². The van der Waals surface area contributed by atoms with Gasteiger partial charge in [0.1, 0.15) is 0 Å². The summed E-state index contributed by atoms with van der Waals surface area (Å²) in [6, 6.07) is 0. The summed E-state index contributed by atoms with van der Waals surface area (Å²) in [7, 11) is 1.93. The smallest absolute Gasteiger partial charge is 0.303 e. The van der Waals surface area contributed by atoms with Crippen molar-refractivity contribution >= 4 is 5.97 Å². The Labute approximate surface area is 95.3 Å². The van der Waals surface area contributed by atoms with Crippen LogP contribution in [-0.4, -0.2) is 20.9 Å². The van der Waals surface area contributed by atoms with Gasteiger partial charge in [-0.2, -0.15) is 5.10 Å². The van der Waals surface area contributed by atoms with Crippen molar-refractivity contribution in [1.29, 1.82) is 0 Å². The predicted octanol–water partition coefficient (Wildman–Crippen LogP) is 2.17. The summed E-state index contributed by atoms with van der Waals surface area (Å²) in [4.78, 5) is 10.6. The first-order chi connectivity index (χ1) is 7.65. The molecule has 2 rings (SSSR count). The summed E-state index contributed by atoms with van der Waals surface area (Å²) < 4.78 is 1.83. The van der Waals surface area contributed by atoms with Crippen molar-refractivity contribution in [2.45, 2.75) is 38.0 Å². The van der Waals surface area contributed by atoms with Crippen molar-refractivity contribution in [3.05, 3.63) is 18.0 Å². The van der Waals surface area contributed by atoms with Crippen LogP contribution >= 0.6 is 0 Å². The second-order valence-corrected chi connectivity index (χ2v) is 4.76. The summed E-state index contributed by atoms with van der Waals surface area (Å²) in [5.74, 6) is 0.300. The summed E-state index contributed by atoms with van der Waals surface area (Å²) in [5.41, 5.74) is 1.30. The van der Waals surface area contributed by atoms with Crippen LogP contribution in [0, 0.1) is 5.92 Å². The lowest BCUT2D eigenvalue weighted by atomic mass is 9.78. The Kier molecular flexibility index (Phi) is 3.27. The maximum absolute atomic E-state index is 10.6. The number of aliphatic carboxylic acids is 1. The highest BCUT2D eigenvalue weighted by atomic mass is 16.4. The molecule has 0 bridgehead atoms. The van der Waals surface area contributed by atoms with E-state index in [4.69, 9.17) is 5.11 Å². The number of hydrogen-bond donors (Lipinski definition) is 1. The first-order valence-electron chi connectivity index (χ1n) is 5.85. The third-order valence-corrected chi connectivity index (χ3v) is 3.51. The zero-order chi connectivity index (χ0) is 11.5. The lowest BCUT2D eigenvalue weighted by molar-refractivity contribution is -0.138. The van der Waals surface area contributed by atoms with Gasteiger partial charge >= 0.3 is 5.97 Å². The quantitative estimate of drug-likeness (QED) is 0.852. The van der Waals surface area contributed by atoms with E-state index >= 15 is 0 Å². The molecule has 1 aliphatic carbocycles. The zero-order valence-corrected chi connectivity index (χ0v) is 9.59. The SMILES string of the molecule is Cn1cc(C2CCC(CC(=O)O)CC2)cn1. The van der Waals surface area contributed by atoms with Gasteiger partial charge in [0.15, 0.2) is 0 Å². The minimum Gasteiger partial charge on any atom is -0.481 e. The molecule has 88 valence electrons.